The van der Waals surface area contributed by atoms with Gasteiger partial charge in [0, 0.05) is 12.1 Å². The monoisotopic (exact) mass is 303 g/mol. The molecule has 2 aromatic heterocycles. The van der Waals surface area contributed by atoms with E-state index in [0.29, 0.717) is 42.8 Å². The van der Waals surface area contributed by atoms with Gasteiger partial charge >= 0.3 is 5.97 Å². The molecule has 2 heterocycles. The number of carbonyl (C=O) groups is 2. The first-order valence-electron chi connectivity index (χ1n) is 7.26. The number of furan rings is 1. The van der Waals surface area contributed by atoms with Gasteiger partial charge in [0.25, 0.3) is 5.91 Å². The summed E-state index contributed by atoms with van der Waals surface area (Å²) in [6.45, 7) is 0. The summed E-state index contributed by atoms with van der Waals surface area (Å²) < 4.78 is 5.24. The maximum absolute atomic E-state index is 12.2. The zero-order valence-electron chi connectivity index (χ0n) is 11.9. The van der Waals surface area contributed by atoms with Gasteiger partial charge in [0.15, 0.2) is 11.5 Å². The van der Waals surface area contributed by atoms with Gasteiger partial charge < -0.3 is 14.8 Å². The number of aromatic amines is 1. The standard InChI is InChI=1S/C15H17N3O4/c19-14(16-10-5-3-9(4-6-10)15(20)21)12-8-11(17-18-12)13-2-1-7-22-13/h1-2,7-10H,3-6H2,(H,16,19)(H,17,18)(H,20,21). The molecule has 1 aliphatic rings. The predicted molar refractivity (Wildman–Crippen MR) is 77.1 cm³/mol. The van der Waals surface area contributed by atoms with Gasteiger partial charge in [-0.15, -0.1) is 0 Å². The Labute approximate surface area is 126 Å². The average molecular weight is 303 g/mol. The average Bonchev–Trinajstić information content (AvgIpc) is 3.19. The third-order valence-corrected chi connectivity index (χ3v) is 4.01. The van der Waals surface area contributed by atoms with Gasteiger partial charge in [-0.25, -0.2) is 0 Å². The highest BCUT2D eigenvalue weighted by Crippen LogP contribution is 2.25. The van der Waals surface area contributed by atoms with E-state index in [0.717, 1.165) is 0 Å². The molecule has 0 bridgehead atoms. The number of aliphatic carboxylic acids is 1. The third kappa shape index (κ3) is 3.03. The van der Waals surface area contributed by atoms with Crippen molar-refractivity contribution in [2.24, 2.45) is 5.92 Å². The lowest BCUT2D eigenvalue weighted by Gasteiger charge is -2.26. The van der Waals surface area contributed by atoms with Crippen LogP contribution in [0.3, 0.4) is 0 Å². The Hall–Kier alpha value is -2.57. The minimum atomic E-state index is -0.750. The highest BCUT2D eigenvalue weighted by Gasteiger charge is 2.27. The van der Waals surface area contributed by atoms with E-state index in [-0.39, 0.29) is 17.9 Å². The van der Waals surface area contributed by atoms with Gasteiger partial charge in [-0.05, 0) is 37.8 Å². The largest absolute Gasteiger partial charge is 0.481 e. The predicted octanol–water partition coefficient (Wildman–Crippen LogP) is 2.04. The van der Waals surface area contributed by atoms with Crippen molar-refractivity contribution in [3.05, 3.63) is 30.2 Å². The van der Waals surface area contributed by atoms with E-state index in [1.54, 1.807) is 24.5 Å². The van der Waals surface area contributed by atoms with Gasteiger partial charge in [-0.3, -0.25) is 14.7 Å². The summed E-state index contributed by atoms with van der Waals surface area (Å²) in [5.41, 5.74) is 0.941. The molecule has 1 fully saturated rings. The molecule has 2 aromatic rings. The summed E-state index contributed by atoms with van der Waals surface area (Å²) >= 11 is 0. The quantitative estimate of drug-likeness (QED) is 0.801. The SMILES string of the molecule is O=C(NC1CCC(C(=O)O)CC1)c1cc(-c2ccco2)[nH]n1. The van der Waals surface area contributed by atoms with Crippen LogP contribution >= 0.6 is 0 Å². The fourth-order valence-electron chi connectivity index (χ4n) is 2.74. The highest BCUT2D eigenvalue weighted by molar-refractivity contribution is 5.93. The molecule has 0 saturated heterocycles. The lowest BCUT2D eigenvalue weighted by Crippen LogP contribution is -2.38. The van der Waals surface area contributed by atoms with Crippen LogP contribution in [0.25, 0.3) is 11.5 Å². The van der Waals surface area contributed by atoms with Crippen molar-refractivity contribution in [1.29, 1.82) is 0 Å². The fourth-order valence-corrected chi connectivity index (χ4v) is 2.74. The van der Waals surface area contributed by atoms with Crippen molar-refractivity contribution in [3.63, 3.8) is 0 Å². The summed E-state index contributed by atoms with van der Waals surface area (Å²) in [7, 11) is 0. The Kier molecular flexibility index (Phi) is 3.95. The van der Waals surface area contributed by atoms with Crippen LogP contribution in [0.2, 0.25) is 0 Å². The number of hydrogen-bond acceptors (Lipinski definition) is 4. The number of aromatic nitrogens is 2. The molecule has 0 spiro atoms. The minimum Gasteiger partial charge on any atom is -0.481 e. The van der Waals surface area contributed by atoms with Crippen molar-refractivity contribution in [2.45, 2.75) is 31.7 Å². The molecule has 7 heteroatoms. The maximum atomic E-state index is 12.2. The van der Waals surface area contributed by atoms with E-state index in [9.17, 15) is 9.59 Å². The number of amides is 1. The lowest BCUT2D eigenvalue weighted by molar-refractivity contribution is -0.142. The van der Waals surface area contributed by atoms with Crippen LogP contribution in [0, 0.1) is 5.92 Å². The first-order chi connectivity index (χ1) is 10.6. The number of carboxylic acid groups (broad SMARTS) is 1. The summed E-state index contributed by atoms with van der Waals surface area (Å²) in [6.07, 6.45) is 4.10. The van der Waals surface area contributed by atoms with Crippen molar-refractivity contribution >= 4 is 11.9 Å². The van der Waals surface area contributed by atoms with Gasteiger partial charge in [0.2, 0.25) is 0 Å². The molecule has 116 valence electrons. The van der Waals surface area contributed by atoms with Gasteiger partial charge in [0.1, 0.15) is 5.69 Å². The second-order valence-electron chi connectivity index (χ2n) is 5.50. The number of H-pyrrole nitrogens is 1. The first-order valence-corrected chi connectivity index (χ1v) is 7.26. The Morgan fingerprint density at radius 1 is 1.32 bits per heavy atom. The topological polar surface area (TPSA) is 108 Å². The number of hydrogen-bond donors (Lipinski definition) is 3. The van der Waals surface area contributed by atoms with Crippen molar-refractivity contribution < 1.29 is 19.1 Å². The van der Waals surface area contributed by atoms with Crippen LogP contribution in [0.15, 0.2) is 28.9 Å². The van der Waals surface area contributed by atoms with E-state index >= 15 is 0 Å². The van der Waals surface area contributed by atoms with Crippen LogP contribution in [-0.4, -0.2) is 33.2 Å². The second kappa shape index (κ2) is 6.05. The van der Waals surface area contributed by atoms with Crippen molar-refractivity contribution in [1.82, 2.24) is 15.5 Å². The van der Waals surface area contributed by atoms with Gasteiger partial charge in [-0.2, -0.15) is 5.10 Å². The van der Waals surface area contributed by atoms with Gasteiger partial charge in [-0.1, -0.05) is 0 Å². The second-order valence-corrected chi connectivity index (χ2v) is 5.50. The Bertz CT molecular complexity index is 654. The van der Waals surface area contributed by atoms with E-state index in [1.807, 2.05) is 0 Å². The van der Waals surface area contributed by atoms with Crippen LogP contribution in [-0.2, 0) is 4.79 Å². The van der Waals surface area contributed by atoms with Crippen LogP contribution in [0.5, 0.6) is 0 Å². The molecule has 0 aromatic carbocycles. The molecule has 0 aliphatic heterocycles. The Balaban J connectivity index is 1.58. The van der Waals surface area contributed by atoms with Crippen LogP contribution in [0.1, 0.15) is 36.2 Å². The molecular weight excluding hydrogens is 286 g/mol. The molecule has 0 radical (unpaired) electrons. The fraction of sp³-hybridized carbons (Fsp3) is 0.400. The maximum Gasteiger partial charge on any atom is 0.306 e. The minimum absolute atomic E-state index is 0.00635. The zero-order chi connectivity index (χ0) is 15.5. The smallest absolute Gasteiger partial charge is 0.306 e. The number of carbonyl (C=O) groups excluding carboxylic acids is 1. The van der Waals surface area contributed by atoms with Gasteiger partial charge in [0.05, 0.1) is 12.2 Å². The summed E-state index contributed by atoms with van der Waals surface area (Å²) in [5, 5.41) is 18.6. The van der Waals surface area contributed by atoms with Crippen molar-refractivity contribution in [3.8, 4) is 11.5 Å². The van der Waals surface area contributed by atoms with Crippen LogP contribution < -0.4 is 5.32 Å². The molecule has 3 rings (SSSR count). The molecule has 0 atom stereocenters. The number of nitrogens with one attached hydrogen (secondary N) is 2. The number of carboxylic acids is 1. The molecule has 1 aliphatic carbocycles. The van der Waals surface area contributed by atoms with E-state index in [2.05, 4.69) is 15.5 Å². The molecule has 3 N–H and O–H groups in total. The van der Waals surface area contributed by atoms with E-state index in [1.165, 1.54) is 0 Å². The molecular formula is C15H17N3O4. The molecule has 1 saturated carbocycles. The summed E-state index contributed by atoms with van der Waals surface area (Å²) in [6, 6.07) is 5.18. The van der Waals surface area contributed by atoms with E-state index in [4.69, 9.17) is 9.52 Å². The third-order valence-electron chi connectivity index (χ3n) is 4.01. The zero-order valence-corrected chi connectivity index (χ0v) is 11.9. The van der Waals surface area contributed by atoms with Crippen LogP contribution in [0.4, 0.5) is 0 Å². The lowest BCUT2D eigenvalue weighted by atomic mass is 9.86. The first kappa shape index (κ1) is 14.4. The normalized spacial score (nSPS) is 21.5. The molecule has 1 amide bonds. The highest BCUT2D eigenvalue weighted by atomic mass is 16.4. The Morgan fingerprint density at radius 3 is 2.73 bits per heavy atom. The number of nitrogens with zero attached hydrogens (tertiary/aromatic N) is 1. The van der Waals surface area contributed by atoms with E-state index < -0.39 is 5.97 Å². The molecule has 0 unspecified atom stereocenters. The van der Waals surface area contributed by atoms with Crippen molar-refractivity contribution in [2.75, 3.05) is 0 Å². The molecule has 22 heavy (non-hydrogen) atoms. The summed E-state index contributed by atoms with van der Waals surface area (Å²) in [4.78, 5) is 23.1. The molecule has 7 nitrogen and oxygen atoms in total. The number of rotatable bonds is 4. The Morgan fingerprint density at radius 2 is 2.09 bits per heavy atom. The summed E-state index contributed by atoms with van der Waals surface area (Å²) in [5.74, 6) is -0.675.